The van der Waals surface area contributed by atoms with E-state index in [1.807, 2.05) is 18.2 Å². The summed E-state index contributed by atoms with van der Waals surface area (Å²) >= 11 is 9.19. The molecule has 0 N–H and O–H groups in total. The molecular weight excluding hydrogens is 362 g/mol. The average Bonchev–Trinajstić information content (AvgIpc) is 2.76. The van der Waals surface area contributed by atoms with Crippen molar-refractivity contribution in [1.29, 1.82) is 0 Å². The third-order valence-corrected chi connectivity index (χ3v) is 3.84. The Kier molecular flexibility index (Phi) is 3.95. The van der Waals surface area contributed by atoms with Gasteiger partial charge in [-0.25, -0.2) is 13.8 Å². The summed E-state index contributed by atoms with van der Waals surface area (Å²) in [6.45, 7) is 0. The zero-order chi connectivity index (χ0) is 15.0. The molecule has 0 bridgehead atoms. The largest absolute Gasteiger partial charge is 0.293 e. The summed E-state index contributed by atoms with van der Waals surface area (Å²) in [5.74, 6) is -0.230. The fourth-order valence-corrected chi connectivity index (χ4v) is 2.80. The number of benzene rings is 2. The van der Waals surface area contributed by atoms with Crippen molar-refractivity contribution in [2.24, 2.45) is 0 Å². The maximum atomic E-state index is 14.1. The normalized spacial score (nSPS) is 11.2. The average molecular weight is 372 g/mol. The molecule has 0 saturated heterocycles. The summed E-state index contributed by atoms with van der Waals surface area (Å²) in [5, 5.41) is 0. The second-order valence-electron chi connectivity index (χ2n) is 4.53. The summed E-state index contributed by atoms with van der Waals surface area (Å²) in [4.78, 5) is 4.49. The highest BCUT2D eigenvalue weighted by Crippen LogP contribution is 2.26. The Bertz CT molecular complexity index is 817. The van der Waals surface area contributed by atoms with E-state index in [1.165, 1.54) is 12.1 Å². The van der Waals surface area contributed by atoms with E-state index in [-0.39, 0.29) is 5.69 Å². The Hall–Kier alpha value is -1.46. The lowest BCUT2D eigenvalue weighted by Gasteiger charge is -2.09. The number of aryl methyl sites for hydroxylation is 1. The van der Waals surface area contributed by atoms with Crippen molar-refractivity contribution in [2.75, 3.05) is 5.88 Å². The van der Waals surface area contributed by atoms with Crippen LogP contribution in [0.25, 0.3) is 16.7 Å². The van der Waals surface area contributed by atoms with E-state index in [4.69, 9.17) is 11.6 Å². The number of fused-ring (bicyclic) bond motifs is 1. The second kappa shape index (κ2) is 5.73. The van der Waals surface area contributed by atoms with Crippen molar-refractivity contribution in [2.45, 2.75) is 6.42 Å². The van der Waals surface area contributed by atoms with Crippen LogP contribution in [-0.2, 0) is 6.42 Å². The zero-order valence-corrected chi connectivity index (χ0v) is 13.1. The summed E-state index contributed by atoms with van der Waals surface area (Å²) in [7, 11) is 0. The topological polar surface area (TPSA) is 17.8 Å². The van der Waals surface area contributed by atoms with Crippen LogP contribution in [0.15, 0.2) is 40.9 Å². The molecule has 2 aromatic carbocycles. The van der Waals surface area contributed by atoms with E-state index >= 15 is 0 Å². The van der Waals surface area contributed by atoms with Crippen molar-refractivity contribution in [1.82, 2.24) is 9.55 Å². The molecule has 0 spiro atoms. The zero-order valence-electron chi connectivity index (χ0n) is 10.8. The smallest absolute Gasteiger partial charge is 0.150 e. The second-order valence-corrected chi connectivity index (χ2v) is 5.82. The minimum Gasteiger partial charge on any atom is -0.293 e. The van der Waals surface area contributed by atoms with Crippen LogP contribution in [0.4, 0.5) is 8.78 Å². The molecule has 1 heterocycles. The molecule has 6 heteroatoms. The predicted molar refractivity (Wildman–Crippen MR) is 83.1 cm³/mol. The lowest BCUT2D eigenvalue weighted by atomic mass is 10.2. The summed E-state index contributed by atoms with van der Waals surface area (Å²) in [6, 6.07) is 9.05. The van der Waals surface area contributed by atoms with Gasteiger partial charge >= 0.3 is 0 Å². The minimum absolute atomic E-state index is 0.265. The van der Waals surface area contributed by atoms with Crippen LogP contribution < -0.4 is 0 Å². The molecule has 3 rings (SSSR count). The number of nitrogens with zero attached hydrogens (tertiary/aromatic N) is 2. The number of halogens is 4. The van der Waals surface area contributed by atoms with E-state index in [0.29, 0.717) is 18.1 Å². The van der Waals surface area contributed by atoms with Gasteiger partial charge in [0.15, 0.2) is 0 Å². The van der Waals surface area contributed by atoms with Crippen LogP contribution in [0.2, 0.25) is 0 Å². The van der Waals surface area contributed by atoms with Crippen molar-refractivity contribution < 1.29 is 8.78 Å². The number of hydrogen-bond donors (Lipinski definition) is 0. The van der Waals surface area contributed by atoms with Crippen LogP contribution in [-0.4, -0.2) is 15.4 Å². The van der Waals surface area contributed by atoms with E-state index in [9.17, 15) is 8.78 Å². The third kappa shape index (κ3) is 2.68. The van der Waals surface area contributed by atoms with Crippen LogP contribution in [0.3, 0.4) is 0 Å². The first kappa shape index (κ1) is 14.5. The maximum Gasteiger partial charge on any atom is 0.150 e. The Morgan fingerprint density at radius 2 is 1.95 bits per heavy atom. The Morgan fingerprint density at radius 3 is 2.67 bits per heavy atom. The number of hydrogen-bond acceptors (Lipinski definition) is 1. The lowest BCUT2D eigenvalue weighted by molar-refractivity contribution is 0.577. The molecule has 0 aliphatic rings. The molecule has 108 valence electrons. The molecule has 0 saturated carbocycles. The Balaban J connectivity index is 2.30. The fraction of sp³-hybridized carbons (Fsp3) is 0.133. The summed E-state index contributed by atoms with van der Waals surface area (Å²) in [6.07, 6.45) is 0.491. The van der Waals surface area contributed by atoms with Crippen LogP contribution in [0.5, 0.6) is 0 Å². The van der Waals surface area contributed by atoms with Gasteiger partial charge in [-0.2, -0.15) is 0 Å². The number of aromatic nitrogens is 2. The van der Waals surface area contributed by atoms with Crippen molar-refractivity contribution >= 4 is 38.6 Å². The molecule has 0 aliphatic carbocycles. The predicted octanol–water partition coefficient (Wildman–Crippen LogP) is 4.85. The lowest BCUT2D eigenvalue weighted by Crippen LogP contribution is -2.04. The monoisotopic (exact) mass is 370 g/mol. The van der Waals surface area contributed by atoms with Gasteiger partial charge < -0.3 is 0 Å². The molecule has 21 heavy (non-hydrogen) atoms. The number of imidazole rings is 1. The molecule has 2 nitrogen and oxygen atoms in total. The van der Waals surface area contributed by atoms with Crippen LogP contribution in [0.1, 0.15) is 5.82 Å². The Labute approximate surface area is 133 Å². The molecule has 1 aromatic heterocycles. The maximum absolute atomic E-state index is 14.1. The van der Waals surface area contributed by atoms with Crippen LogP contribution in [0, 0.1) is 11.6 Å². The van der Waals surface area contributed by atoms with Gasteiger partial charge in [0.2, 0.25) is 0 Å². The first-order valence-electron chi connectivity index (χ1n) is 6.28. The fourth-order valence-electron chi connectivity index (χ4n) is 2.29. The van der Waals surface area contributed by atoms with E-state index < -0.39 is 11.6 Å². The van der Waals surface area contributed by atoms with E-state index in [1.54, 1.807) is 4.57 Å². The van der Waals surface area contributed by atoms with Gasteiger partial charge in [-0.3, -0.25) is 4.57 Å². The number of alkyl halides is 1. The Morgan fingerprint density at radius 1 is 1.14 bits per heavy atom. The van der Waals surface area contributed by atoms with Crippen molar-refractivity contribution in [3.05, 3.63) is 58.3 Å². The standard InChI is InChI=1S/C15H10BrClF2N2/c16-9-1-3-14-12(7-9)20-15(5-6-17)21(14)13-4-2-10(18)8-11(13)19/h1-4,7-8H,5-6H2. The van der Waals surface area contributed by atoms with Gasteiger partial charge in [0, 0.05) is 22.8 Å². The molecule has 3 aromatic rings. The van der Waals surface area contributed by atoms with Gasteiger partial charge in [-0.05, 0) is 30.3 Å². The minimum atomic E-state index is -0.631. The molecule has 0 aliphatic heterocycles. The molecule has 0 amide bonds. The van der Waals surface area contributed by atoms with Gasteiger partial charge in [-0.1, -0.05) is 15.9 Å². The summed E-state index contributed by atoms with van der Waals surface area (Å²) < 4.78 is 29.8. The summed E-state index contributed by atoms with van der Waals surface area (Å²) in [5.41, 5.74) is 1.75. The van der Waals surface area contributed by atoms with Gasteiger partial charge in [0.05, 0.1) is 16.7 Å². The molecule has 0 radical (unpaired) electrons. The highest BCUT2D eigenvalue weighted by Gasteiger charge is 2.15. The molecule has 0 atom stereocenters. The highest BCUT2D eigenvalue weighted by atomic mass is 79.9. The first-order valence-corrected chi connectivity index (χ1v) is 7.61. The molecule has 0 unspecified atom stereocenters. The molecule has 0 fully saturated rings. The SMILES string of the molecule is Fc1ccc(-n2c(CCCl)nc3cc(Br)ccc32)c(F)c1. The number of rotatable bonds is 3. The quantitative estimate of drug-likeness (QED) is 0.602. The van der Waals surface area contributed by atoms with E-state index in [0.717, 1.165) is 21.6 Å². The highest BCUT2D eigenvalue weighted by molar-refractivity contribution is 9.10. The first-order chi connectivity index (χ1) is 10.1. The van der Waals surface area contributed by atoms with E-state index in [2.05, 4.69) is 20.9 Å². The van der Waals surface area contributed by atoms with Crippen LogP contribution >= 0.6 is 27.5 Å². The van der Waals surface area contributed by atoms with Gasteiger partial charge in [-0.15, -0.1) is 11.6 Å². The van der Waals surface area contributed by atoms with Crippen molar-refractivity contribution in [3.8, 4) is 5.69 Å². The van der Waals surface area contributed by atoms with Gasteiger partial charge in [0.1, 0.15) is 17.5 Å². The molecular formula is C15H10BrClF2N2. The van der Waals surface area contributed by atoms with Crippen molar-refractivity contribution in [3.63, 3.8) is 0 Å². The van der Waals surface area contributed by atoms with Gasteiger partial charge in [0.25, 0.3) is 0 Å². The third-order valence-electron chi connectivity index (χ3n) is 3.15.